The molecule has 0 bridgehead atoms. The summed E-state index contributed by atoms with van der Waals surface area (Å²) in [6, 6.07) is 1.19. The second-order valence-corrected chi connectivity index (χ2v) is 12.4. The Morgan fingerprint density at radius 3 is 2.35 bits per heavy atom. The average Bonchev–Trinajstić information content (AvgIpc) is 2.42. The van der Waals surface area contributed by atoms with Crippen LogP contribution in [0.25, 0.3) is 0 Å². The molecule has 0 aromatic carbocycles. The van der Waals surface area contributed by atoms with Gasteiger partial charge in [-0.2, -0.15) is 0 Å². The lowest BCUT2D eigenvalue weighted by molar-refractivity contribution is 0.202. The molecule has 0 spiro atoms. The van der Waals surface area contributed by atoms with Gasteiger partial charge in [-0.3, -0.25) is 0 Å². The second kappa shape index (κ2) is 6.19. The molecule has 0 aliphatic heterocycles. The molecule has 0 amide bonds. The number of hydrogen-bond acceptors (Lipinski definition) is 1. The molecule has 1 aliphatic rings. The second-order valence-electron chi connectivity index (χ2n) is 6.90. The van der Waals surface area contributed by atoms with E-state index in [9.17, 15) is 5.11 Å². The highest BCUT2D eigenvalue weighted by Gasteiger charge is 2.31. The Bertz CT molecular complexity index is 275. The largest absolute Gasteiger partial charge is 0.389 e. The van der Waals surface area contributed by atoms with Gasteiger partial charge in [0.15, 0.2) is 0 Å². The maximum atomic E-state index is 10.2. The number of rotatable bonds is 6. The highest BCUT2D eigenvalue weighted by Crippen LogP contribution is 2.39. The Morgan fingerprint density at radius 1 is 1.18 bits per heavy atom. The third-order valence-electron chi connectivity index (χ3n) is 3.76. The Labute approximate surface area is 108 Å². The Morgan fingerprint density at radius 2 is 1.82 bits per heavy atom. The molecule has 0 saturated heterocycles. The van der Waals surface area contributed by atoms with E-state index in [0.29, 0.717) is 5.92 Å². The fourth-order valence-electron chi connectivity index (χ4n) is 2.93. The van der Waals surface area contributed by atoms with Gasteiger partial charge in [0.2, 0.25) is 0 Å². The third kappa shape index (κ3) is 4.59. The lowest BCUT2D eigenvalue weighted by Gasteiger charge is -2.20. The molecule has 1 nitrogen and oxygen atoms in total. The van der Waals surface area contributed by atoms with Crippen molar-refractivity contribution in [2.24, 2.45) is 5.92 Å². The third-order valence-corrected chi connectivity index (χ3v) is 5.20. The van der Waals surface area contributed by atoms with Gasteiger partial charge in [0.1, 0.15) is 0 Å². The molecule has 2 heteroatoms. The van der Waals surface area contributed by atoms with Crippen molar-refractivity contribution in [2.45, 2.75) is 77.7 Å². The van der Waals surface area contributed by atoms with Crippen LogP contribution in [0.3, 0.4) is 0 Å². The number of aliphatic hydroxyl groups is 1. The molecule has 1 aliphatic carbocycles. The number of unbranched alkanes of at least 4 members (excludes halogenated alkanes) is 2. The van der Waals surface area contributed by atoms with Gasteiger partial charge in [-0.05, 0) is 36.8 Å². The monoisotopic (exact) mass is 254 g/mol. The summed E-state index contributed by atoms with van der Waals surface area (Å²) in [5.41, 5.74) is 3.03. The van der Waals surface area contributed by atoms with Crippen molar-refractivity contribution >= 4 is 8.07 Å². The minimum absolute atomic E-state index is 0.131. The maximum absolute atomic E-state index is 10.2. The van der Waals surface area contributed by atoms with Crippen molar-refractivity contribution in [3.05, 3.63) is 11.1 Å². The summed E-state index contributed by atoms with van der Waals surface area (Å²) >= 11 is 0. The van der Waals surface area contributed by atoms with E-state index in [1.807, 2.05) is 0 Å². The molecular formula is C15H30OSi. The first-order chi connectivity index (χ1) is 7.85. The lowest BCUT2D eigenvalue weighted by Crippen LogP contribution is -2.23. The fraction of sp³-hybridized carbons (Fsp3) is 0.867. The molecule has 0 aromatic rings. The highest BCUT2D eigenvalue weighted by molar-refractivity contribution is 6.76. The van der Waals surface area contributed by atoms with Gasteiger partial charge in [0.25, 0.3) is 0 Å². The molecule has 0 radical (unpaired) electrons. The van der Waals surface area contributed by atoms with Crippen molar-refractivity contribution in [1.82, 2.24) is 0 Å². The van der Waals surface area contributed by atoms with Gasteiger partial charge in [0, 0.05) is 8.07 Å². The van der Waals surface area contributed by atoms with Crippen LogP contribution in [0.2, 0.25) is 25.7 Å². The van der Waals surface area contributed by atoms with E-state index in [4.69, 9.17) is 0 Å². The van der Waals surface area contributed by atoms with Crippen molar-refractivity contribution in [2.75, 3.05) is 0 Å². The first-order valence-corrected chi connectivity index (χ1v) is 11.0. The van der Waals surface area contributed by atoms with Crippen LogP contribution in [0.5, 0.6) is 0 Å². The maximum Gasteiger partial charge on any atom is 0.0755 e. The summed E-state index contributed by atoms with van der Waals surface area (Å²) in [6.07, 6.45) is 5.99. The van der Waals surface area contributed by atoms with E-state index in [1.54, 1.807) is 5.57 Å². The average molecular weight is 254 g/mol. The van der Waals surface area contributed by atoms with Crippen LogP contribution in [0.1, 0.15) is 46.0 Å². The Balaban J connectivity index is 2.74. The van der Waals surface area contributed by atoms with Crippen LogP contribution in [0.4, 0.5) is 0 Å². The topological polar surface area (TPSA) is 20.2 Å². The van der Waals surface area contributed by atoms with Crippen LogP contribution in [-0.4, -0.2) is 19.3 Å². The molecule has 1 rings (SSSR count). The van der Waals surface area contributed by atoms with E-state index >= 15 is 0 Å². The zero-order valence-corrected chi connectivity index (χ0v) is 13.3. The minimum atomic E-state index is -1.10. The van der Waals surface area contributed by atoms with Crippen molar-refractivity contribution < 1.29 is 5.11 Å². The van der Waals surface area contributed by atoms with Crippen molar-refractivity contribution in [3.8, 4) is 0 Å². The van der Waals surface area contributed by atoms with Gasteiger partial charge in [-0.15, -0.1) is 0 Å². The minimum Gasteiger partial charge on any atom is -0.389 e. The van der Waals surface area contributed by atoms with Gasteiger partial charge in [-0.1, -0.05) is 51.9 Å². The summed E-state index contributed by atoms with van der Waals surface area (Å²) in [4.78, 5) is 0. The van der Waals surface area contributed by atoms with Crippen molar-refractivity contribution in [3.63, 3.8) is 0 Å². The van der Waals surface area contributed by atoms with Gasteiger partial charge >= 0.3 is 0 Å². The Hall–Kier alpha value is -0.0831. The number of allylic oxidation sites excluding steroid dienone is 1. The molecule has 0 aromatic heterocycles. The van der Waals surface area contributed by atoms with Crippen LogP contribution in [0, 0.1) is 5.92 Å². The fourth-order valence-corrected chi connectivity index (χ4v) is 4.53. The molecule has 0 heterocycles. The van der Waals surface area contributed by atoms with Gasteiger partial charge in [0.05, 0.1) is 6.10 Å². The van der Waals surface area contributed by atoms with Gasteiger partial charge in [-0.25, -0.2) is 0 Å². The Kier molecular flexibility index (Phi) is 5.45. The van der Waals surface area contributed by atoms with Crippen LogP contribution >= 0.6 is 0 Å². The highest BCUT2D eigenvalue weighted by atomic mass is 28.3. The first-order valence-electron chi connectivity index (χ1n) is 7.25. The summed E-state index contributed by atoms with van der Waals surface area (Å²) in [7, 11) is -1.10. The summed E-state index contributed by atoms with van der Waals surface area (Å²) in [6.45, 7) is 11.8. The van der Waals surface area contributed by atoms with E-state index in [2.05, 4.69) is 33.5 Å². The van der Waals surface area contributed by atoms with Crippen LogP contribution in [-0.2, 0) is 0 Å². The number of hydrogen-bond donors (Lipinski definition) is 1. The predicted octanol–water partition coefficient (Wildman–Crippen LogP) is 4.60. The zero-order chi connectivity index (χ0) is 13.1. The lowest BCUT2D eigenvalue weighted by atomic mass is 9.97. The molecule has 17 heavy (non-hydrogen) atoms. The van der Waals surface area contributed by atoms with Crippen LogP contribution < -0.4 is 0 Å². The molecule has 0 fully saturated rings. The summed E-state index contributed by atoms with van der Waals surface area (Å²) in [5.74, 6) is 0.619. The first kappa shape index (κ1) is 15.0. The van der Waals surface area contributed by atoms with Gasteiger partial charge < -0.3 is 5.11 Å². The zero-order valence-electron chi connectivity index (χ0n) is 12.3. The normalized spacial score (nSPS) is 25.8. The smallest absolute Gasteiger partial charge is 0.0755 e. The molecule has 1 N–H and O–H groups in total. The molecule has 0 saturated carbocycles. The summed E-state index contributed by atoms with van der Waals surface area (Å²) < 4.78 is 0. The molecule has 0 unspecified atom stereocenters. The number of aliphatic hydroxyl groups excluding tert-OH is 1. The molecular weight excluding hydrogens is 224 g/mol. The van der Waals surface area contributed by atoms with E-state index in [-0.39, 0.29) is 6.10 Å². The van der Waals surface area contributed by atoms with Crippen LogP contribution in [0.15, 0.2) is 11.1 Å². The van der Waals surface area contributed by atoms with E-state index in [0.717, 1.165) is 6.42 Å². The van der Waals surface area contributed by atoms with E-state index < -0.39 is 8.07 Å². The SMILES string of the molecule is CCCCCC1=C(C[Si](C)(C)C)[C@@H](O)C[C@H]1C. The summed E-state index contributed by atoms with van der Waals surface area (Å²) in [5, 5.41) is 10.2. The predicted molar refractivity (Wildman–Crippen MR) is 79.1 cm³/mol. The molecule has 2 atom stereocenters. The van der Waals surface area contributed by atoms with E-state index in [1.165, 1.54) is 37.3 Å². The van der Waals surface area contributed by atoms with Crippen molar-refractivity contribution in [1.29, 1.82) is 0 Å². The standard InChI is InChI=1S/C15H30OSi/c1-6-7-8-9-13-12(2)10-15(16)14(13)11-17(3,4)5/h12,15-16H,6-11H2,1-5H3/t12-,15+/m1/s1. The molecule has 100 valence electrons. The quantitative estimate of drug-likeness (QED) is 0.417.